The fourth-order valence-corrected chi connectivity index (χ4v) is 5.44. The number of ether oxygens (including phenoxy) is 2. The smallest absolute Gasteiger partial charge is 0.430 e. The molecule has 268 valence electrons. The van der Waals surface area contributed by atoms with E-state index < -0.39 is 41.0 Å². The molecule has 0 aromatic heterocycles. The molecule has 0 spiro atoms. The minimum Gasteiger partial charge on any atom is -0.491 e. The number of nitrogens with one attached hydrogen (secondary N) is 1. The van der Waals surface area contributed by atoms with Crippen LogP contribution in [0.4, 0.5) is 31.1 Å². The molecular formula is C35H41F6N3O5. The molecule has 1 atom stereocenters. The number of halogens is 6. The molecule has 8 nitrogen and oxygen atoms in total. The summed E-state index contributed by atoms with van der Waals surface area (Å²) >= 11 is 0. The van der Waals surface area contributed by atoms with Crippen LogP contribution in [-0.4, -0.2) is 46.9 Å². The van der Waals surface area contributed by atoms with Gasteiger partial charge in [-0.3, -0.25) is 9.69 Å². The lowest BCUT2D eigenvalue weighted by molar-refractivity contribution is -0.376. The van der Waals surface area contributed by atoms with Gasteiger partial charge in [0.05, 0.1) is 12.6 Å². The minimum atomic E-state index is -6.06. The van der Waals surface area contributed by atoms with Gasteiger partial charge in [0.15, 0.2) is 0 Å². The van der Waals surface area contributed by atoms with Gasteiger partial charge in [-0.15, -0.1) is 0 Å². The van der Waals surface area contributed by atoms with E-state index in [9.17, 15) is 41.0 Å². The van der Waals surface area contributed by atoms with Crippen LogP contribution in [0.25, 0.3) is 0 Å². The first-order chi connectivity index (χ1) is 22.7. The van der Waals surface area contributed by atoms with Crippen molar-refractivity contribution in [3.05, 3.63) is 94.9 Å². The number of rotatable bonds is 14. The Labute approximate surface area is 281 Å². The highest BCUT2D eigenvalue weighted by molar-refractivity contribution is 6.07. The molecule has 1 aliphatic heterocycles. The Morgan fingerprint density at radius 2 is 1.55 bits per heavy atom. The highest BCUT2D eigenvalue weighted by Gasteiger charge is 2.71. The average molecular weight is 698 g/mol. The first-order valence-corrected chi connectivity index (χ1v) is 15.6. The highest BCUT2D eigenvalue weighted by atomic mass is 19.4. The number of carbonyl (C=O) groups excluding carboxylic acids is 2. The van der Waals surface area contributed by atoms with Gasteiger partial charge in [0.25, 0.3) is 11.5 Å². The number of nitrogens with zero attached hydrogens (tertiary/aromatic N) is 1. The molecule has 3 amide bonds. The third kappa shape index (κ3) is 8.23. The van der Waals surface area contributed by atoms with Gasteiger partial charge in [0.2, 0.25) is 0 Å². The van der Waals surface area contributed by atoms with Crippen molar-refractivity contribution >= 4 is 11.9 Å². The van der Waals surface area contributed by atoms with Gasteiger partial charge < -0.3 is 25.6 Å². The molecule has 1 heterocycles. The van der Waals surface area contributed by atoms with Crippen molar-refractivity contribution in [2.24, 2.45) is 5.73 Å². The largest absolute Gasteiger partial charge is 0.491 e. The molecule has 49 heavy (non-hydrogen) atoms. The number of imide groups is 1. The lowest BCUT2D eigenvalue weighted by Crippen LogP contribution is -2.54. The molecule has 3 rings (SSSR count). The number of alkyl halides is 6. The van der Waals surface area contributed by atoms with E-state index in [1.54, 1.807) is 45.0 Å². The number of hydrogen-bond donors (Lipinski definition) is 3. The van der Waals surface area contributed by atoms with Crippen molar-refractivity contribution in [2.45, 2.75) is 89.9 Å². The van der Waals surface area contributed by atoms with Crippen LogP contribution in [0.15, 0.2) is 72.7 Å². The van der Waals surface area contributed by atoms with E-state index in [2.05, 4.69) is 11.9 Å². The van der Waals surface area contributed by atoms with Crippen LogP contribution >= 0.6 is 0 Å². The molecule has 0 bridgehead atoms. The van der Waals surface area contributed by atoms with Crippen LogP contribution in [0.1, 0.15) is 69.7 Å². The Kier molecular flexibility index (Phi) is 11.9. The van der Waals surface area contributed by atoms with E-state index in [4.69, 9.17) is 15.2 Å². The molecule has 1 saturated heterocycles. The van der Waals surface area contributed by atoms with Crippen molar-refractivity contribution < 1.29 is 50.5 Å². The van der Waals surface area contributed by atoms with E-state index in [1.165, 1.54) is 12.2 Å². The third-order valence-electron chi connectivity index (χ3n) is 7.79. The summed E-state index contributed by atoms with van der Waals surface area (Å²) in [5.74, 6) is -0.00402. The third-order valence-corrected chi connectivity index (χ3v) is 7.79. The Hall–Kier alpha value is -4.46. The number of hydrogen-bond acceptors (Lipinski definition) is 6. The Morgan fingerprint density at radius 1 is 1.02 bits per heavy atom. The summed E-state index contributed by atoms with van der Waals surface area (Å²) in [6.45, 7) is 12.3. The summed E-state index contributed by atoms with van der Waals surface area (Å²) in [5.41, 5.74) is -1.57. The number of carbonyl (C=O) groups is 2. The van der Waals surface area contributed by atoms with Crippen LogP contribution in [0.3, 0.4) is 0 Å². The van der Waals surface area contributed by atoms with Crippen molar-refractivity contribution in [1.82, 2.24) is 10.2 Å². The van der Waals surface area contributed by atoms with E-state index >= 15 is 0 Å². The van der Waals surface area contributed by atoms with Crippen molar-refractivity contribution in [2.75, 3.05) is 6.54 Å². The molecule has 2 aromatic carbocycles. The van der Waals surface area contributed by atoms with Gasteiger partial charge in [-0.2, -0.15) is 26.3 Å². The van der Waals surface area contributed by atoms with Crippen LogP contribution in [0.5, 0.6) is 11.5 Å². The zero-order chi connectivity index (χ0) is 36.9. The highest BCUT2D eigenvalue weighted by Crippen LogP contribution is 2.51. The topological polar surface area (TPSA) is 114 Å². The lowest BCUT2D eigenvalue weighted by Gasteiger charge is -2.33. The zero-order valence-corrected chi connectivity index (χ0v) is 27.9. The van der Waals surface area contributed by atoms with Crippen molar-refractivity contribution in [3.8, 4) is 11.5 Å². The standard InChI is InChI=1S/C35H41F6N3O5/c1-7-9-23-18-26(33(47,34(36,37)38)35(39,40)41)19-24(10-8-2)29(23)49-28(15-16-42)17-22(5)20-44-30(45)32(6,43-31(44)46)25-11-13-27(14-12-25)48-21(3)4/h11-19,21,47H,5,7-10,20,42H2,1-4,6H3,(H,43,46)/b16-15-,28-17+. The quantitative estimate of drug-likeness (QED) is 0.0818. The second-order valence-electron chi connectivity index (χ2n) is 12.1. The summed E-state index contributed by atoms with van der Waals surface area (Å²) in [6, 6.07) is 7.32. The van der Waals surface area contributed by atoms with Crippen molar-refractivity contribution in [1.29, 1.82) is 0 Å². The summed E-state index contributed by atoms with van der Waals surface area (Å²) in [4.78, 5) is 27.5. The molecule has 0 saturated carbocycles. The Bertz CT molecular complexity index is 1560. The van der Waals surface area contributed by atoms with Gasteiger partial charge in [-0.1, -0.05) is 45.4 Å². The molecular weight excluding hydrogens is 656 g/mol. The maximum atomic E-state index is 13.8. The number of aryl methyl sites for hydroxylation is 2. The van der Waals surface area contributed by atoms with E-state index in [1.807, 2.05) is 13.8 Å². The summed E-state index contributed by atoms with van der Waals surface area (Å²) in [7, 11) is 0. The predicted octanol–water partition coefficient (Wildman–Crippen LogP) is 7.45. The Balaban J connectivity index is 1.98. The van der Waals surface area contributed by atoms with Crippen LogP contribution < -0.4 is 20.5 Å². The lowest BCUT2D eigenvalue weighted by atomic mass is 9.87. The maximum Gasteiger partial charge on any atom is 0.430 e. The first kappa shape index (κ1) is 39.0. The van der Waals surface area contributed by atoms with Crippen LogP contribution in [0, 0.1) is 0 Å². The molecule has 4 N–H and O–H groups in total. The summed E-state index contributed by atoms with van der Waals surface area (Å²) in [6.07, 6.45) is -7.81. The Morgan fingerprint density at radius 3 is 2.00 bits per heavy atom. The van der Waals surface area contributed by atoms with Gasteiger partial charge in [0, 0.05) is 5.56 Å². The van der Waals surface area contributed by atoms with Gasteiger partial charge in [0.1, 0.15) is 22.8 Å². The summed E-state index contributed by atoms with van der Waals surface area (Å²) < 4.78 is 94.5. The second-order valence-corrected chi connectivity index (χ2v) is 12.1. The predicted molar refractivity (Wildman–Crippen MR) is 171 cm³/mol. The van der Waals surface area contributed by atoms with Gasteiger partial charge in [-0.25, -0.2) is 4.79 Å². The van der Waals surface area contributed by atoms with E-state index in [0.717, 1.165) is 11.1 Å². The fourth-order valence-electron chi connectivity index (χ4n) is 5.44. The zero-order valence-electron chi connectivity index (χ0n) is 27.9. The molecule has 1 fully saturated rings. The SMILES string of the molecule is C=C(/C=C(\C=C/N)Oc1c(CCC)cc(C(O)(C(F)(F)F)C(F)(F)F)cc1CCC)CN1C(=O)NC(C)(c2ccc(OC(C)C)cc2)C1=O. The van der Waals surface area contributed by atoms with Crippen LogP contribution in [-0.2, 0) is 28.8 Å². The normalized spacial score (nSPS) is 17.7. The molecule has 1 unspecified atom stereocenters. The van der Waals surface area contributed by atoms with Crippen LogP contribution in [0.2, 0.25) is 0 Å². The fraction of sp³-hybridized carbons (Fsp3) is 0.429. The molecule has 0 radical (unpaired) electrons. The molecule has 0 aliphatic carbocycles. The molecule has 14 heteroatoms. The minimum absolute atomic E-state index is 0.00742. The van der Waals surface area contributed by atoms with Gasteiger partial charge in [-0.05, 0) is 98.5 Å². The average Bonchev–Trinajstić information content (AvgIpc) is 3.20. The summed E-state index contributed by atoms with van der Waals surface area (Å²) in [5, 5.41) is 12.8. The van der Waals surface area contributed by atoms with E-state index in [0.29, 0.717) is 36.3 Å². The number of benzene rings is 2. The maximum absolute atomic E-state index is 13.8. The molecule has 2 aromatic rings. The molecule has 1 aliphatic rings. The second kappa shape index (κ2) is 15.0. The number of aliphatic hydroxyl groups is 1. The van der Waals surface area contributed by atoms with Gasteiger partial charge >= 0.3 is 18.4 Å². The van der Waals surface area contributed by atoms with E-state index in [-0.39, 0.29) is 53.7 Å². The number of urea groups is 1. The number of allylic oxidation sites excluding steroid dienone is 1. The van der Waals surface area contributed by atoms with Crippen molar-refractivity contribution in [3.63, 3.8) is 0 Å². The number of amides is 3. The first-order valence-electron chi connectivity index (χ1n) is 15.6. The number of nitrogens with two attached hydrogens (primary N) is 1. The monoisotopic (exact) mass is 697 g/mol.